The highest BCUT2D eigenvalue weighted by molar-refractivity contribution is 4.32. The van der Waals surface area contributed by atoms with Gasteiger partial charge in [-0.2, -0.15) is 0 Å². The molecule has 0 amide bonds. The van der Waals surface area contributed by atoms with E-state index in [2.05, 4.69) is 5.48 Å². The lowest BCUT2D eigenvalue weighted by Gasteiger charge is -1.98. The Kier molecular flexibility index (Phi) is 6.72. The Bertz CT molecular complexity index is 37.4. The SMILES string of the molecule is CCONCCCF. The van der Waals surface area contributed by atoms with Crippen LogP contribution in [0.3, 0.4) is 0 Å². The zero-order valence-corrected chi connectivity index (χ0v) is 5.11. The van der Waals surface area contributed by atoms with Crippen LogP contribution in [0.5, 0.6) is 0 Å². The van der Waals surface area contributed by atoms with Crippen LogP contribution in [0.2, 0.25) is 0 Å². The number of nitrogens with one attached hydrogen (secondary N) is 1. The minimum absolute atomic E-state index is 0.278. The fourth-order valence-corrected chi connectivity index (χ4v) is 0.313. The molecule has 0 fully saturated rings. The summed E-state index contributed by atoms with van der Waals surface area (Å²) in [6.07, 6.45) is 0.528. The third-order valence-corrected chi connectivity index (χ3v) is 0.659. The standard InChI is InChI=1S/C5H12FNO/c1-2-8-7-5-3-4-6/h7H,2-5H2,1H3. The molecule has 0 heterocycles. The Morgan fingerprint density at radius 1 is 1.62 bits per heavy atom. The second-order valence-electron chi connectivity index (χ2n) is 1.37. The van der Waals surface area contributed by atoms with E-state index >= 15 is 0 Å². The van der Waals surface area contributed by atoms with Gasteiger partial charge < -0.3 is 4.84 Å². The third-order valence-electron chi connectivity index (χ3n) is 0.659. The molecule has 0 aliphatic heterocycles. The molecule has 0 aromatic carbocycles. The molecule has 0 aromatic rings. The van der Waals surface area contributed by atoms with Crippen LogP contribution in [0.4, 0.5) is 4.39 Å². The average molecular weight is 121 g/mol. The lowest BCUT2D eigenvalue weighted by atomic mass is 10.5. The summed E-state index contributed by atoms with van der Waals surface area (Å²) in [5.41, 5.74) is 2.60. The number of hydrogen-bond acceptors (Lipinski definition) is 2. The fourth-order valence-electron chi connectivity index (χ4n) is 0.313. The summed E-state index contributed by atoms with van der Waals surface area (Å²) in [5.74, 6) is 0. The molecule has 0 aromatic heterocycles. The van der Waals surface area contributed by atoms with E-state index in [-0.39, 0.29) is 6.67 Å². The molecule has 0 unspecified atom stereocenters. The molecule has 0 aliphatic carbocycles. The molecule has 1 N–H and O–H groups in total. The second kappa shape index (κ2) is 6.85. The first-order chi connectivity index (χ1) is 3.91. The first-order valence-electron chi connectivity index (χ1n) is 2.82. The monoisotopic (exact) mass is 121 g/mol. The van der Waals surface area contributed by atoms with Crippen LogP contribution < -0.4 is 5.48 Å². The molecule has 0 saturated carbocycles. The minimum atomic E-state index is -0.278. The normalized spacial score (nSPS) is 9.75. The van der Waals surface area contributed by atoms with Crippen molar-refractivity contribution in [3.8, 4) is 0 Å². The molecular formula is C5H12FNO. The maximum absolute atomic E-state index is 11.3. The predicted molar refractivity (Wildman–Crippen MR) is 30.2 cm³/mol. The highest BCUT2D eigenvalue weighted by atomic mass is 19.1. The molecule has 0 radical (unpaired) electrons. The van der Waals surface area contributed by atoms with Crippen molar-refractivity contribution in [3.63, 3.8) is 0 Å². The second-order valence-corrected chi connectivity index (χ2v) is 1.37. The van der Waals surface area contributed by atoms with Crippen LogP contribution in [-0.2, 0) is 4.84 Å². The van der Waals surface area contributed by atoms with Gasteiger partial charge in [0.05, 0.1) is 13.3 Å². The van der Waals surface area contributed by atoms with E-state index < -0.39 is 0 Å². The molecule has 0 bridgehead atoms. The molecule has 50 valence electrons. The van der Waals surface area contributed by atoms with E-state index in [0.717, 1.165) is 0 Å². The van der Waals surface area contributed by atoms with Crippen LogP contribution in [0.15, 0.2) is 0 Å². The molecule has 0 rings (SSSR count). The van der Waals surface area contributed by atoms with Crippen LogP contribution in [0.25, 0.3) is 0 Å². The highest BCUT2D eigenvalue weighted by Crippen LogP contribution is 1.75. The van der Waals surface area contributed by atoms with Gasteiger partial charge in [-0.1, -0.05) is 0 Å². The fraction of sp³-hybridized carbons (Fsp3) is 1.00. The molecule has 3 heteroatoms. The number of hydroxylamine groups is 1. The van der Waals surface area contributed by atoms with Crippen molar-refractivity contribution in [1.29, 1.82) is 0 Å². The number of alkyl halides is 1. The van der Waals surface area contributed by atoms with E-state index in [1.54, 1.807) is 0 Å². The predicted octanol–water partition coefficient (Wildman–Crippen LogP) is 0.887. The van der Waals surface area contributed by atoms with Gasteiger partial charge in [-0.05, 0) is 13.3 Å². The summed E-state index contributed by atoms with van der Waals surface area (Å²) < 4.78 is 11.3. The quantitative estimate of drug-likeness (QED) is 0.431. The van der Waals surface area contributed by atoms with Gasteiger partial charge in [0.1, 0.15) is 0 Å². The van der Waals surface area contributed by atoms with Gasteiger partial charge >= 0.3 is 0 Å². The summed E-state index contributed by atoms with van der Waals surface area (Å²) >= 11 is 0. The molecular weight excluding hydrogens is 109 g/mol. The summed E-state index contributed by atoms with van der Waals surface area (Å²) in [4.78, 5) is 4.72. The van der Waals surface area contributed by atoms with Gasteiger partial charge in [-0.15, -0.1) is 0 Å². The summed E-state index contributed by atoms with van der Waals surface area (Å²) in [5, 5.41) is 0. The molecule has 0 spiro atoms. The first kappa shape index (κ1) is 7.85. The van der Waals surface area contributed by atoms with E-state index in [9.17, 15) is 4.39 Å². The number of hydrogen-bond donors (Lipinski definition) is 1. The van der Waals surface area contributed by atoms with Crippen LogP contribution in [-0.4, -0.2) is 19.8 Å². The Labute approximate surface area is 49.0 Å². The van der Waals surface area contributed by atoms with Gasteiger partial charge in [0.25, 0.3) is 0 Å². The smallest absolute Gasteiger partial charge is 0.0907 e. The third kappa shape index (κ3) is 5.85. The summed E-state index contributed by atoms with van der Waals surface area (Å²) in [6, 6.07) is 0. The molecule has 0 atom stereocenters. The first-order valence-corrected chi connectivity index (χ1v) is 2.82. The lowest BCUT2D eigenvalue weighted by Crippen LogP contribution is -2.15. The van der Waals surface area contributed by atoms with Crippen molar-refractivity contribution in [3.05, 3.63) is 0 Å². The topological polar surface area (TPSA) is 21.3 Å². The Balaban J connectivity index is 2.53. The van der Waals surface area contributed by atoms with Crippen molar-refractivity contribution in [1.82, 2.24) is 5.48 Å². The van der Waals surface area contributed by atoms with Crippen molar-refractivity contribution in [2.24, 2.45) is 0 Å². The zero-order valence-electron chi connectivity index (χ0n) is 5.11. The Morgan fingerprint density at radius 3 is 2.88 bits per heavy atom. The van der Waals surface area contributed by atoms with Crippen LogP contribution in [0.1, 0.15) is 13.3 Å². The van der Waals surface area contributed by atoms with E-state index in [4.69, 9.17) is 4.84 Å². The van der Waals surface area contributed by atoms with Gasteiger partial charge in [-0.3, -0.25) is 4.39 Å². The van der Waals surface area contributed by atoms with E-state index in [0.29, 0.717) is 19.6 Å². The van der Waals surface area contributed by atoms with Crippen molar-refractivity contribution < 1.29 is 9.23 Å². The number of rotatable bonds is 5. The van der Waals surface area contributed by atoms with Gasteiger partial charge in [0.15, 0.2) is 0 Å². The highest BCUT2D eigenvalue weighted by Gasteiger charge is 1.82. The molecule has 2 nitrogen and oxygen atoms in total. The Hall–Kier alpha value is -0.150. The maximum Gasteiger partial charge on any atom is 0.0907 e. The lowest BCUT2D eigenvalue weighted by molar-refractivity contribution is 0.0494. The van der Waals surface area contributed by atoms with E-state index in [1.807, 2.05) is 6.92 Å². The molecule has 0 saturated heterocycles. The average Bonchev–Trinajstić information content (AvgIpc) is 1.81. The Morgan fingerprint density at radius 2 is 2.38 bits per heavy atom. The zero-order chi connectivity index (χ0) is 6.24. The molecule has 0 aliphatic rings. The van der Waals surface area contributed by atoms with Gasteiger partial charge in [-0.25, -0.2) is 5.48 Å². The molecule has 8 heavy (non-hydrogen) atoms. The summed E-state index contributed by atoms with van der Waals surface area (Å²) in [6.45, 7) is 2.83. The van der Waals surface area contributed by atoms with Crippen LogP contribution >= 0.6 is 0 Å². The van der Waals surface area contributed by atoms with Crippen molar-refractivity contribution in [2.75, 3.05) is 19.8 Å². The van der Waals surface area contributed by atoms with Gasteiger partial charge in [0, 0.05) is 6.54 Å². The van der Waals surface area contributed by atoms with Crippen LogP contribution in [0, 0.1) is 0 Å². The largest absolute Gasteiger partial charge is 0.302 e. The van der Waals surface area contributed by atoms with Crippen molar-refractivity contribution in [2.45, 2.75) is 13.3 Å². The minimum Gasteiger partial charge on any atom is -0.302 e. The van der Waals surface area contributed by atoms with E-state index in [1.165, 1.54) is 0 Å². The van der Waals surface area contributed by atoms with Crippen molar-refractivity contribution >= 4 is 0 Å². The number of halogens is 1. The maximum atomic E-state index is 11.3. The van der Waals surface area contributed by atoms with Gasteiger partial charge in [0.2, 0.25) is 0 Å². The summed E-state index contributed by atoms with van der Waals surface area (Å²) in [7, 11) is 0.